The zero-order valence-electron chi connectivity index (χ0n) is 13.8. The van der Waals surface area contributed by atoms with Crippen LogP contribution in [0.1, 0.15) is 73.1 Å². The topological polar surface area (TPSA) is 29.6 Å². The van der Waals surface area contributed by atoms with Gasteiger partial charge in [-0.1, -0.05) is 27.2 Å². The number of rotatable bonds is 3. The minimum absolute atomic E-state index is 0.0636. The average molecular weight is 278 g/mol. The third kappa shape index (κ3) is 1.98. The van der Waals surface area contributed by atoms with Crippen molar-refractivity contribution in [3.05, 3.63) is 0 Å². The lowest BCUT2D eigenvalue weighted by Crippen LogP contribution is -2.54. The van der Waals surface area contributed by atoms with Crippen molar-refractivity contribution >= 4 is 5.78 Å². The molecule has 0 aromatic heterocycles. The number of hydrogen-bond donors (Lipinski definition) is 0. The molecule has 3 fully saturated rings. The Labute approximate surface area is 123 Å². The maximum atomic E-state index is 11.5. The van der Waals surface area contributed by atoms with E-state index in [0.717, 1.165) is 18.8 Å². The van der Waals surface area contributed by atoms with Crippen LogP contribution in [0.3, 0.4) is 0 Å². The highest BCUT2D eigenvalue weighted by atomic mass is 16.6. The lowest BCUT2D eigenvalue weighted by atomic mass is 9.46. The summed E-state index contributed by atoms with van der Waals surface area (Å²) in [6, 6.07) is 0. The summed E-state index contributed by atoms with van der Waals surface area (Å²) in [6.07, 6.45) is 7.42. The number of hydrogen-bond acceptors (Lipinski definition) is 2. The second-order valence-corrected chi connectivity index (χ2v) is 8.72. The monoisotopic (exact) mass is 278 g/mol. The van der Waals surface area contributed by atoms with Gasteiger partial charge in [-0.2, -0.15) is 0 Å². The first-order valence-electron chi connectivity index (χ1n) is 8.37. The van der Waals surface area contributed by atoms with Gasteiger partial charge in [-0.05, 0) is 62.2 Å². The summed E-state index contributed by atoms with van der Waals surface area (Å²) in [7, 11) is 0. The number of Topliss-reactive ketones (excluding diaryl/α,β-unsaturated/α-hetero) is 1. The molecule has 0 N–H and O–H groups in total. The Morgan fingerprint density at radius 3 is 2.55 bits per heavy atom. The smallest absolute Gasteiger partial charge is 0.129 e. The third-order valence-electron chi connectivity index (χ3n) is 6.98. The van der Waals surface area contributed by atoms with Crippen LogP contribution in [-0.2, 0) is 9.53 Å². The molecular formula is C18H30O2. The quantitative estimate of drug-likeness (QED) is 0.718. The van der Waals surface area contributed by atoms with E-state index in [0.29, 0.717) is 28.6 Å². The van der Waals surface area contributed by atoms with Gasteiger partial charge in [0.05, 0.1) is 11.7 Å². The summed E-state index contributed by atoms with van der Waals surface area (Å²) in [5, 5.41) is 0. The Balaban J connectivity index is 1.91. The van der Waals surface area contributed by atoms with Crippen molar-refractivity contribution in [1.29, 1.82) is 0 Å². The van der Waals surface area contributed by atoms with Gasteiger partial charge < -0.3 is 9.53 Å². The maximum absolute atomic E-state index is 11.5. The molecular weight excluding hydrogens is 248 g/mol. The Morgan fingerprint density at radius 1 is 1.20 bits per heavy atom. The third-order valence-corrected chi connectivity index (χ3v) is 6.98. The molecule has 0 radical (unpaired) electrons. The van der Waals surface area contributed by atoms with Crippen molar-refractivity contribution in [2.45, 2.75) is 84.8 Å². The molecule has 2 aliphatic carbocycles. The van der Waals surface area contributed by atoms with Crippen molar-refractivity contribution in [3.63, 3.8) is 0 Å². The van der Waals surface area contributed by atoms with E-state index >= 15 is 0 Å². The van der Waals surface area contributed by atoms with Crippen LogP contribution in [0.4, 0.5) is 0 Å². The van der Waals surface area contributed by atoms with Crippen LogP contribution >= 0.6 is 0 Å². The number of carbonyl (C=O) groups is 1. The van der Waals surface area contributed by atoms with Crippen molar-refractivity contribution in [2.24, 2.45) is 22.7 Å². The molecule has 3 aliphatic rings. The van der Waals surface area contributed by atoms with Gasteiger partial charge in [0.2, 0.25) is 0 Å². The molecule has 2 nitrogen and oxygen atoms in total. The molecule has 20 heavy (non-hydrogen) atoms. The number of ether oxygens (including phenoxy) is 1. The first-order valence-corrected chi connectivity index (χ1v) is 8.37. The zero-order chi connectivity index (χ0) is 14.8. The van der Waals surface area contributed by atoms with Crippen molar-refractivity contribution in [2.75, 3.05) is 0 Å². The molecule has 0 unspecified atom stereocenters. The van der Waals surface area contributed by atoms with Gasteiger partial charge >= 0.3 is 0 Å². The van der Waals surface area contributed by atoms with E-state index in [1.54, 1.807) is 6.92 Å². The summed E-state index contributed by atoms with van der Waals surface area (Å²) < 4.78 is 6.15. The van der Waals surface area contributed by atoms with Gasteiger partial charge in [0.25, 0.3) is 0 Å². The van der Waals surface area contributed by atoms with Crippen LogP contribution in [-0.4, -0.2) is 17.5 Å². The molecule has 1 heterocycles. The highest BCUT2D eigenvalue weighted by Gasteiger charge is 2.69. The van der Waals surface area contributed by atoms with Crippen LogP contribution in [0.2, 0.25) is 0 Å². The summed E-state index contributed by atoms with van der Waals surface area (Å²) in [5.41, 5.74) is 0.849. The molecule has 2 saturated carbocycles. The molecule has 114 valence electrons. The molecule has 0 aromatic rings. The van der Waals surface area contributed by atoms with Gasteiger partial charge in [-0.25, -0.2) is 0 Å². The highest BCUT2D eigenvalue weighted by molar-refractivity contribution is 5.75. The first-order chi connectivity index (χ1) is 9.20. The van der Waals surface area contributed by atoms with E-state index < -0.39 is 0 Å². The Hall–Kier alpha value is -0.370. The lowest BCUT2D eigenvalue weighted by molar-refractivity contribution is -0.119. The van der Waals surface area contributed by atoms with E-state index in [9.17, 15) is 4.79 Å². The average Bonchev–Trinajstić information content (AvgIpc) is 2.96. The number of epoxide rings is 1. The zero-order valence-corrected chi connectivity index (χ0v) is 13.8. The van der Waals surface area contributed by atoms with Gasteiger partial charge in [0.1, 0.15) is 5.78 Å². The number of ketones is 1. The standard InChI is InChI=1S/C18H30O2/c1-12(19)7-8-13-17(4)10-6-9-16(2,3)14(17)11-15-18(13,5)20-15/h13-15H,6-11H2,1-5H3/t13-,14+,15-,17-,18+/m1/s1. The van der Waals surface area contributed by atoms with Crippen molar-refractivity contribution in [1.82, 2.24) is 0 Å². The van der Waals surface area contributed by atoms with Gasteiger partial charge in [-0.15, -0.1) is 0 Å². The van der Waals surface area contributed by atoms with E-state index in [2.05, 4.69) is 27.7 Å². The van der Waals surface area contributed by atoms with E-state index in [-0.39, 0.29) is 5.60 Å². The van der Waals surface area contributed by atoms with Crippen molar-refractivity contribution < 1.29 is 9.53 Å². The Morgan fingerprint density at radius 2 is 1.90 bits per heavy atom. The van der Waals surface area contributed by atoms with Gasteiger partial charge in [0, 0.05) is 6.42 Å². The molecule has 3 rings (SSSR count). The largest absolute Gasteiger partial charge is 0.366 e. The fraction of sp³-hybridized carbons (Fsp3) is 0.944. The van der Waals surface area contributed by atoms with Gasteiger partial charge in [-0.3, -0.25) is 0 Å². The lowest BCUT2D eigenvalue weighted by Gasteiger charge is -2.57. The minimum atomic E-state index is 0.0636. The predicted molar refractivity (Wildman–Crippen MR) is 80.5 cm³/mol. The second kappa shape index (κ2) is 4.32. The highest BCUT2D eigenvalue weighted by Crippen LogP contribution is 2.68. The SMILES string of the molecule is CC(=O)CC[C@@H]1[C@@]2(C)CCCC(C)(C)[C@@H]2C[C@H]2O[C@@]12C. The Kier molecular flexibility index (Phi) is 3.14. The molecule has 2 heteroatoms. The van der Waals surface area contributed by atoms with Gasteiger partial charge in [0.15, 0.2) is 0 Å². The van der Waals surface area contributed by atoms with Crippen molar-refractivity contribution in [3.8, 4) is 0 Å². The molecule has 1 aliphatic heterocycles. The summed E-state index contributed by atoms with van der Waals surface area (Å²) >= 11 is 0. The van der Waals surface area contributed by atoms with E-state index in [1.165, 1.54) is 25.7 Å². The molecule has 0 bridgehead atoms. The van der Waals surface area contributed by atoms with Crippen LogP contribution in [0.15, 0.2) is 0 Å². The fourth-order valence-electron chi connectivity index (χ4n) is 5.87. The molecule has 0 amide bonds. The molecule has 0 aromatic carbocycles. The molecule has 0 spiro atoms. The first kappa shape index (κ1) is 14.6. The fourth-order valence-corrected chi connectivity index (χ4v) is 5.87. The van der Waals surface area contributed by atoms with Crippen LogP contribution in [0.5, 0.6) is 0 Å². The minimum Gasteiger partial charge on any atom is -0.366 e. The van der Waals surface area contributed by atoms with Crippen LogP contribution < -0.4 is 0 Å². The molecule has 5 atom stereocenters. The summed E-state index contributed by atoms with van der Waals surface area (Å²) in [4.78, 5) is 11.5. The number of fused-ring (bicyclic) bond motifs is 2. The maximum Gasteiger partial charge on any atom is 0.129 e. The molecule has 1 saturated heterocycles. The van der Waals surface area contributed by atoms with E-state index in [4.69, 9.17) is 4.74 Å². The number of carbonyl (C=O) groups excluding carboxylic acids is 1. The van der Waals surface area contributed by atoms with Crippen LogP contribution in [0.25, 0.3) is 0 Å². The van der Waals surface area contributed by atoms with Crippen LogP contribution in [0, 0.1) is 22.7 Å². The predicted octanol–water partition coefficient (Wildman–Crippen LogP) is 4.37. The Bertz CT molecular complexity index is 427. The summed E-state index contributed by atoms with van der Waals surface area (Å²) in [5.74, 6) is 1.63. The second-order valence-electron chi connectivity index (χ2n) is 8.72. The summed E-state index contributed by atoms with van der Waals surface area (Å²) in [6.45, 7) is 11.4. The normalized spacial score (nSPS) is 49.1. The van der Waals surface area contributed by atoms with E-state index in [1.807, 2.05) is 0 Å².